The lowest BCUT2D eigenvalue weighted by Crippen LogP contribution is -1.90. The smallest absolute Gasteiger partial charge is 0.0991 e. The highest BCUT2D eigenvalue weighted by atomic mass is 15.0. The van der Waals surface area contributed by atoms with Crippen LogP contribution in [0.5, 0.6) is 0 Å². The van der Waals surface area contributed by atoms with E-state index < -0.39 is 0 Å². The first-order valence-corrected chi connectivity index (χ1v) is 11.6. The first-order valence-electron chi connectivity index (χ1n) is 11.6. The molecule has 0 saturated heterocycles. The summed E-state index contributed by atoms with van der Waals surface area (Å²) in [7, 11) is 0. The third-order valence-electron chi connectivity index (χ3n) is 6.86. The van der Waals surface area contributed by atoms with Crippen LogP contribution in [0.4, 0.5) is 0 Å². The topological polar surface area (TPSA) is 41.6 Å². The van der Waals surface area contributed by atoms with Gasteiger partial charge in [0.05, 0.1) is 18.0 Å². The Morgan fingerprint density at radius 3 is 1.74 bits per heavy atom. The molecule has 1 aromatic heterocycles. The Labute approximate surface area is 202 Å². The lowest BCUT2D eigenvalue weighted by Gasteiger charge is -2.15. The maximum Gasteiger partial charge on any atom is 0.0991 e. The summed E-state index contributed by atoms with van der Waals surface area (Å²) < 4.78 is 2.01. The van der Waals surface area contributed by atoms with E-state index in [9.17, 15) is 5.26 Å². The molecule has 0 atom stereocenters. The molecule has 0 spiro atoms. The fourth-order valence-electron chi connectivity index (χ4n) is 5.18. The summed E-state index contributed by atoms with van der Waals surface area (Å²) in [5.41, 5.74) is 6.38. The van der Waals surface area contributed by atoms with Gasteiger partial charge in [0, 0.05) is 18.1 Å². The van der Waals surface area contributed by atoms with E-state index in [1.165, 1.54) is 43.4 Å². The van der Waals surface area contributed by atoms with Crippen molar-refractivity contribution in [2.45, 2.75) is 0 Å². The lowest BCUT2D eigenvalue weighted by molar-refractivity contribution is 1.06. The molecule has 7 aromatic rings. The largest absolute Gasteiger partial charge is 0.306 e. The van der Waals surface area contributed by atoms with Gasteiger partial charge in [-0.1, -0.05) is 48.5 Å². The molecule has 0 N–H and O–H groups in total. The summed E-state index contributed by atoms with van der Waals surface area (Å²) >= 11 is 0. The molecule has 0 amide bonds. The number of aromatic nitrogens is 2. The molecule has 7 rings (SSSR count). The second kappa shape index (κ2) is 7.55. The fraction of sp³-hybridized carbons (Fsp3) is 0. The molecule has 1 heterocycles. The second-order valence-corrected chi connectivity index (χ2v) is 8.94. The molecule has 3 heteroatoms. The zero-order chi connectivity index (χ0) is 23.4. The van der Waals surface area contributed by atoms with Gasteiger partial charge in [0.1, 0.15) is 0 Å². The quantitative estimate of drug-likeness (QED) is 0.259. The Kier molecular flexibility index (Phi) is 4.21. The molecule has 35 heavy (non-hydrogen) atoms. The molecule has 0 aliphatic rings. The lowest BCUT2D eigenvalue weighted by atomic mass is 9.89. The van der Waals surface area contributed by atoms with E-state index in [0.29, 0.717) is 5.56 Å². The van der Waals surface area contributed by atoms with Crippen molar-refractivity contribution in [1.82, 2.24) is 9.55 Å². The summed E-state index contributed by atoms with van der Waals surface area (Å²) in [6.07, 6.45) is 5.56. The summed E-state index contributed by atoms with van der Waals surface area (Å²) in [5.74, 6) is 0. The first-order chi connectivity index (χ1) is 17.3. The van der Waals surface area contributed by atoms with Gasteiger partial charge in [0.2, 0.25) is 0 Å². The zero-order valence-electron chi connectivity index (χ0n) is 18.8. The van der Waals surface area contributed by atoms with E-state index in [4.69, 9.17) is 0 Å². The number of nitriles is 1. The Morgan fingerprint density at radius 1 is 0.600 bits per heavy atom. The maximum absolute atomic E-state index is 9.30. The third kappa shape index (κ3) is 3.16. The van der Waals surface area contributed by atoms with E-state index in [-0.39, 0.29) is 0 Å². The standard InChI is InChI=1S/C32H19N3/c33-19-21-2-1-3-23(14-21)29-17-26-6-4-24-15-28(16-25-5-7-27(18-29)32(26)31(24)25)22-8-10-30(11-9-22)35-13-12-34-20-35/h1-18,20H. The SMILES string of the molecule is N#Cc1cccc(-c2cc3ccc4cc(-c5ccc(-n6ccnc6)cc5)cc5ccc(c2)c3c45)c1. The van der Waals surface area contributed by atoms with Crippen molar-refractivity contribution in [3.8, 4) is 34.0 Å². The minimum atomic E-state index is 0.679. The highest BCUT2D eigenvalue weighted by Gasteiger charge is 2.12. The number of hydrogen-bond donors (Lipinski definition) is 0. The first kappa shape index (κ1) is 19.5. The number of rotatable bonds is 3. The van der Waals surface area contributed by atoms with Crippen LogP contribution in [0, 0.1) is 11.3 Å². The molecular weight excluding hydrogens is 426 g/mol. The van der Waals surface area contributed by atoms with Crippen LogP contribution in [0.2, 0.25) is 0 Å². The molecule has 0 saturated carbocycles. The highest BCUT2D eigenvalue weighted by molar-refractivity contribution is 6.24. The van der Waals surface area contributed by atoms with Gasteiger partial charge in [-0.2, -0.15) is 5.26 Å². The Balaban J connectivity index is 1.37. The van der Waals surface area contributed by atoms with Crippen molar-refractivity contribution in [2.75, 3.05) is 0 Å². The van der Waals surface area contributed by atoms with Gasteiger partial charge in [0.15, 0.2) is 0 Å². The molecule has 0 aliphatic heterocycles. The van der Waals surface area contributed by atoms with Crippen LogP contribution in [0.25, 0.3) is 60.3 Å². The average Bonchev–Trinajstić information content (AvgIpc) is 3.46. The fourth-order valence-corrected chi connectivity index (χ4v) is 5.18. The number of imidazole rings is 1. The van der Waals surface area contributed by atoms with Crippen LogP contribution < -0.4 is 0 Å². The molecule has 3 nitrogen and oxygen atoms in total. The monoisotopic (exact) mass is 445 g/mol. The van der Waals surface area contributed by atoms with Crippen molar-refractivity contribution < 1.29 is 0 Å². The van der Waals surface area contributed by atoms with E-state index >= 15 is 0 Å². The molecular formula is C32H19N3. The van der Waals surface area contributed by atoms with Gasteiger partial charge in [-0.05, 0) is 103 Å². The molecule has 162 valence electrons. The maximum atomic E-state index is 9.30. The van der Waals surface area contributed by atoms with Gasteiger partial charge >= 0.3 is 0 Å². The van der Waals surface area contributed by atoms with Gasteiger partial charge in [-0.3, -0.25) is 0 Å². The number of nitrogens with zero attached hydrogens (tertiary/aromatic N) is 3. The predicted octanol–water partition coefficient (Wildman–Crippen LogP) is 7.98. The van der Waals surface area contributed by atoms with E-state index in [1.807, 2.05) is 35.3 Å². The van der Waals surface area contributed by atoms with Crippen LogP contribution in [0.15, 0.2) is 116 Å². The van der Waals surface area contributed by atoms with Gasteiger partial charge in [-0.15, -0.1) is 0 Å². The second-order valence-electron chi connectivity index (χ2n) is 8.94. The molecule has 0 radical (unpaired) electrons. The zero-order valence-corrected chi connectivity index (χ0v) is 18.8. The summed E-state index contributed by atoms with van der Waals surface area (Å²) in [6.45, 7) is 0. The van der Waals surface area contributed by atoms with Crippen molar-refractivity contribution in [3.05, 3.63) is 121 Å². The summed E-state index contributed by atoms with van der Waals surface area (Å²) in [4.78, 5) is 4.14. The molecule has 6 aromatic carbocycles. The Morgan fingerprint density at radius 2 is 1.20 bits per heavy atom. The van der Waals surface area contributed by atoms with Crippen molar-refractivity contribution >= 4 is 32.3 Å². The summed E-state index contributed by atoms with van der Waals surface area (Å²) in [5, 5.41) is 16.8. The third-order valence-corrected chi connectivity index (χ3v) is 6.86. The van der Waals surface area contributed by atoms with Gasteiger partial charge in [-0.25, -0.2) is 4.98 Å². The predicted molar refractivity (Wildman–Crippen MR) is 143 cm³/mol. The van der Waals surface area contributed by atoms with Crippen LogP contribution >= 0.6 is 0 Å². The minimum Gasteiger partial charge on any atom is -0.306 e. The highest BCUT2D eigenvalue weighted by Crippen LogP contribution is 2.39. The number of benzene rings is 6. The van der Waals surface area contributed by atoms with Crippen LogP contribution in [0.1, 0.15) is 5.56 Å². The van der Waals surface area contributed by atoms with Gasteiger partial charge < -0.3 is 4.57 Å². The van der Waals surface area contributed by atoms with Crippen molar-refractivity contribution in [1.29, 1.82) is 5.26 Å². The van der Waals surface area contributed by atoms with E-state index in [1.54, 1.807) is 6.20 Å². The minimum absolute atomic E-state index is 0.679. The van der Waals surface area contributed by atoms with Crippen molar-refractivity contribution in [3.63, 3.8) is 0 Å². The average molecular weight is 446 g/mol. The molecule has 0 bridgehead atoms. The van der Waals surface area contributed by atoms with E-state index in [0.717, 1.165) is 16.8 Å². The normalized spacial score (nSPS) is 11.4. The van der Waals surface area contributed by atoms with Crippen LogP contribution in [-0.2, 0) is 0 Å². The molecule has 0 fully saturated rings. The van der Waals surface area contributed by atoms with Gasteiger partial charge in [0.25, 0.3) is 0 Å². The number of hydrogen-bond acceptors (Lipinski definition) is 2. The summed E-state index contributed by atoms with van der Waals surface area (Å²) in [6, 6.07) is 36.6. The van der Waals surface area contributed by atoms with E-state index in [2.05, 4.69) is 89.9 Å². The van der Waals surface area contributed by atoms with Crippen LogP contribution in [-0.4, -0.2) is 9.55 Å². The Hall–Kier alpha value is -4.94. The van der Waals surface area contributed by atoms with Crippen molar-refractivity contribution in [2.24, 2.45) is 0 Å². The molecule has 0 unspecified atom stereocenters. The van der Waals surface area contributed by atoms with Crippen LogP contribution in [0.3, 0.4) is 0 Å². The molecule has 0 aliphatic carbocycles. The Bertz CT molecular complexity index is 1820.